The molecule has 0 saturated heterocycles. The second kappa shape index (κ2) is 9.49. The Morgan fingerprint density at radius 2 is 1.02 bits per heavy atom. The number of aromatic nitrogens is 2. The maximum Gasteiger partial charge on any atom is 0.0547 e. The Morgan fingerprint density at radius 1 is 0.388 bits per heavy atom. The van der Waals surface area contributed by atoms with Crippen molar-refractivity contribution in [1.29, 1.82) is 0 Å². The number of hydrogen-bond donors (Lipinski definition) is 0. The van der Waals surface area contributed by atoms with Crippen molar-refractivity contribution in [2.45, 2.75) is 19.3 Å². The van der Waals surface area contributed by atoms with Crippen LogP contribution < -0.4 is 0 Å². The summed E-state index contributed by atoms with van der Waals surface area (Å²) in [6, 6.07) is 58.5. The van der Waals surface area contributed by atoms with E-state index in [1.54, 1.807) is 0 Å². The lowest BCUT2D eigenvalue weighted by Crippen LogP contribution is -2.15. The minimum absolute atomic E-state index is 0.128. The van der Waals surface area contributed by atoms with Crippen LogP contribution in [0.2, 0.25) is 0 Å². The van der Waals surface area contributed by atoms with Crippen LogP contribution in [0.1, 0.15) is 25.0 Å². The SMILES string of the molecule is CC1(C)c2cc3c4c5ccccc5ccc4n(-c4ccc5c(c4)c4ccccc4n5-c4ccccc4)c3cc2-c2ccc3ccccc3c21. The van der Waals surface area contributed by atoms with Crippen LogP contribution >= 0.6 is 0 Å². The molecule has 0 atom stereocenters. The molecule has 0 amide bonds. The molecule has 0 unspecified atom stereocenters. The third kappa shape index (κ3) is 3.50. The van der Waals surface area contributed by atoms with Crippen molar-refractivity contribution in [2.24, 2.45) is 0 Å². The first-order chi connectivity index (χ1) is 24.1. The van der Waals surface area contributed by atoms with Crippen molar-refractivity contribution in [2.75, 3.05) is 0 Å². The minimum Gasteiger partial charge on any atom is -0.309 e. The molecule has 0 saturated carbocycles. The lowest BCUT2D eigenvalue weighted by Gasteiger charge is -2.23. The zero-order valence-corrected chi connectivity index (χ0v) is 27.4. The second-order valence-corrected chi connectivity index (χ2v) is 14.2. The van der Waals surface area contributed by atoms with Crippen LogP contribution in [0, 0.1) is 0 Å². The smallest absolute Gasteiger partial charge is 0.0547 e. The van der Waals surface area contributed by atoms with E-state index < -0.39 is 0 Å². The molecule has 2 heterocycles. The summed E-state index contributed by atoms with van der Waals surface area (Å²) in [4.78, 5) is 0. The summed E-state index contributed by atoms with van der Waals surface area (Å²) < 4.78 is 4.90. The number of rotatable bonds is 2. The van der Waals surface area contributed by atoms with Gasteiger partial charge < -0.3 is 9.13 Å². The summed E-state index contributed by atoms with van der Waals surface area (Å²) in [5, 5.41) is 10.4. The van der Waals surface area contributed by atoms with Crippen molar-refractivity contribution >= 4 is 65.2 Å². The number of fused-ring (bicyclic) bond motifs is 13. The molecular formula is C47H32N2. The van der Waals surface area contributed by atoms with Gasteiger partial charge in [0.25, 0.3) is 0 Å². The van der Waals surface area contributed by atoms with E-state index in [4.69, 9.17) is 0 Å². The maximum absolute atomic E-state index is 2.52. The van der Waals surface area contributed by atoms with E-state index in [1.807, 2.05) is 0 Å². The monoisotopic (exact) mass is 624 g/mol. The highest BCUT2D eigenvalue weighted by Crippen LogP contribution is 2.53. The van der Waals surface area contributed by atoms with Crippen LogP contribution in [0.15, 0.2) is 158 Å². The summed E-state index contributed by atoms with van der Waals surface area (Å²) in [5.74, 6) is 0. The highest BCUT2D eigenvalue weighted by atomic mass is 15.0. The topological polar surface area (TPSA) is 9.86 Å². The van der Waals surface area contributed by atoms with Gasteiger partial charge in [0, 0.05) is 38.3 Å². The Morgan fingerprint density at radius 3 is 1.86 bits per heavy atom. The first kappa shape index (κ1) is 26.9. The van der Waals surface area contributed by atoms with E-state index >= 15 is 0 Å². The zero-order valence-electron chi connectivity index (χ0n) is 27.4. The minimum atomic E-state index is -0.128. The van der Waals surface area contributed by atoms with E-state index in [0.29, 0.717) is 0 Å². The average molecular weight is 625 g/mol. The van der Waals surface area contributed by atoms with Gasteiger partial charge in [-0.05, 0) is 98.4 Å². The third-order valence-electron chi connectivity index (χ3n) is 11.2. The Bertz CT molecular complexity index is 3010. The first-order valence-corrected chi connectivity index (χ1v) is 17.2. The van der Waals surface area contributed by atoms with Gasteiger partial charge in [-0.1, -0.05) is 117 Å². The van der Waals surface area contributed by atoms with Gasteiger partial charge in [0.05, 0.1) is 22.1 Å². The number of para-hydroxylation sites is 2. The molecule has 11 rings (SSSR count). The van der Waals surface area contributed by atoms with Crippen LogP contribution in [0.25, 0.3) is 87.7 Å². The molecule has 0 aliphatic heterocycles. The highest BCUT2D eigenvalue weighted by molar-refractivity contribution is 6.22. The third-order valence-corrected chi connectivity index (χ3v) is 11.2. The van der Waals surface area contributed by atoms with E-state index in [9.17, 15) is 0 Å². The highest BCUT2D eigenvalue weighted by Gasteiger charge is 2.38. The molecule has 1 aliphatic rings. The van der Waals surface area contributed by atoms with Crippen molar-refractivity contribution in [3.8, 4) is 22.5 Å². The maximum atomic E-state index is 2.52. The number of nitrogens with zero attached hydrogens (tertiary/aromatic N) is 2. The lowest BCUT2D eigenvalue weighted by molar-refractivity contribution is 0.667. The van der Waals surface area contributed by atoms with E-state index in [-0.39, 0.29) is 5.41 Å². The van der Waals surface area contributed by atoms with Crippen LogP contribution in [0.4, 0.5) is 0 Å². The number of hydrogen-bond acceptors (Lipinski definition) is 0. The van der Waals surface area contributed by atoms with E-state index in [1.165, 1.54) is 98.8 Å². The van der Waals surface area contributed by atoms with Gasteiger partial charge in [-0.3, -0.25) is 0 Å². The van der Waals surface area contributed by atoms with Gasteiger partial charge in [-0.15, -0.1) is 0 Å². The van der Waals surface area contributed by atoms with Crippen LogP contribution in [-0.4, -0.2) is 9.13 Å². The quantitative estimate of drug-likeness (QED) is 0.181. The van der Waals surface area contributed by atoms with Crippen LogP contribution in [0.5, 0.6) is 0 Å². The van der Waals surface area contributed by atoms with Crippen molar-refractivity contribution in [3.05, 3.63) is 169 Å². The summed E-state index contributed by atoms with van der Waals surface area (Å²) in [6.07, 6.45) is 0. The summed E-state index contributed by atoms with van der Waals surface area (Å²) in [7, 11) is 0. The molecule has 230 valence electrons. The van der Waals surface area contributed by atoms with Gasteiger partial charge in [-0.2, -0.15) is 0 Å². The van der Waals surface area contributed by atoms with Crippen molar-refractivity contribution in [3.63, 3.8) is 0 Å². The van der Waals surface area contributed by atoms with Crippen LogP contribution in [-0.2, 0) is 5.41 Å². The normalized spacial score (nSPS) is 13.7. The summed E-state index contributed by atoms with van der Waals surface area (Å²) >= 11 is 0. The van der Waals surface area contributed by atoms with Gasteiger partial charge >= 0.3 is 0 Å². The Kier molecular flexibility index (Phi) is 5.21. The Balaban J connectivity index is 1.26. The molecule has 10 aromatic rings. The summed E-state index contributed by atoms with van der Waals surface area (Å²) in [5.41, 5.74) is 12.7. The first-order valence-electron chi connectivity index (χ1n) is 17.2. The van der Waals surface area contributed by atoms with Crippen molar-refractivity contribution < 1.29 is 0 Å². The van der Waals surface area contributed by atoms with Gasteiger partial charge in [0.15, 0.2) is 0 Å². The zero-order chi connectivity index (χ0) is 32.4. The standard InChI is InChI=1S/C47H32N2/c1-47(2)40-27-39-44(28-37(40)36-23-20-30-13-7-9-17-34(30)46(36)47)49(43-24-21-29-12-6-8-16-33(29)45(39)43)32-22-25-42-38(26-32)35-18-10-11-19-41(35)48(42)31-14-4-3-5-15-31/h3-28H,1-2H3. The van der Waals surface area contributed by atoms with Gasteiger partial charge in [-0.25, -0.2) is 0 Å². The molecule has 49 heavy (non-hydrogen) atoms. The van der Waals surface area contributed by atoms with Crippen LogP contribution in [0.3, 0.4) is 0 Å². The second-order valence-electron chi connectivity index (χ2n) is 14.2. The predicted octanol–water partition coefficient (Wildman–Crippen LogP) is 12.5. The van der Waals surface area contributed by atoms with Gasteiger partial charge in [0.2, 0.25) is 0 Å². The molecular weight excluding hydrogens is 593 g/mol. The fraction of sp³-hybridized carbons (Fsp3) is 0.0638. The molecule has 0 fully saturated rings. The average Bonchev–Trinajstić information content (AvgIpc) is 3.74. The summed E-state index contributed by atoms with van der Waals surface area (Å²) in [6.45, 7) is 4.81. The lowest BCUT2D eigenvalue weighted by atomic mass is 9.80. The molecule has 8 aromatic carbocycles. The molecule has 0 radical (unpaired) electrons. The molecule has 0 spiro atoms. The molecule has 2 aromatic heterocycles. The molecule has 2 heteroatoms. The largest absolute Gasteiger partial charge is 0.309 e. The molecule has 2 nitrogen and oxygen atoms in total. The van der Waals surface area contributed by atoms with E-state index in [0.717, 1.165) is 0 Å². The fourth-order valence-corrected chi connectivity index (χ4v) is 9.11. The van der Waals surface area contributed by atoms with E-state index in [2.05, 4.69) is 181 Å². The Hall–Kier alpha value is -6.12. The number of benzene rings is 8. The fourth-order valence-electron chi connectivity index (χ4n) is 9.11. The molecule has 0 N–H and O–H groups in total. The van der Waals surface area contributed by atoms with Crippen molar-refractivity contribution in [1.82, 2.24) is 9.13 Å². The van der Waals surface area contributed by atoms with Gasteiger partial charge in [0.1, 0.15) is 0 Å². The molecule has 1 aliphatic carbocycles. The Labute approximate surface area is 284 Å². The molecule has 0 bridgehead atoms. The predicted molar refractivity (Wildman–Crippen MR) is 208 cm³/mol.